The van der Waals surface area contributed by atoms with Gasteiger partial charge in [-0.25, -0.2) is 4.98 Å². The van der Waals surface area contributed by atoms with Crippen molar-refractivity contribution in [3.8, 4) is 0 Å². The third kappa shape index (κ3) is 3.96. The van der Waals surface area contributed by atoms with Gasteiger partial charge in [-0.3, -0.25) is 0 Å². The predicted molar refractivity (Wildman–Crippen MR) is 88.3 cm³/mol. The second kappa shape index (κ2) is 7.07. The Hall–Kier alpha value is -0.650. The molecule has 2 fully saturated rings. The summed E-state index contributed by atoms with van der Waals surface area (Å²) in [6, 6.07) is 0.756. The maximum atomic E-state index is 5.56. The van der Waals surface area contributed by atoms with E-state index >= 15 is 0 Å². The van der Waals surface area contributed by atoms with E-state index in [4.69, 9.17) is 9.72 Å². The van der Waals surface area contributed by atoms with Gasteiger partial charge >= 0.3 is 0 Å². The first-order chi connectivity index (χ1) is 10.3. The number of aromatic nitrogens is 1. The highest BCUT2D eigenvalue weighted by Gasteiger charge is 2.24. The molecule has 5 heteroatoms. The first-order valence-corrected chi connectivity index (χ1v) is 9.15. The Morgan fingerprint density at radius 3 is 3.00 bits per heavy atom. The molecule has 0 aromatic carbocycles. The highest BCUT2D eigenvalue weighted by molar-refractivity contribution is 7.15. The van der Waals surface area contributed by atoms with Gasteiger partial charge in [-0.1, -0.05) is 13.8 Å². The summed E-state index contributed by atoms with van der Waals surface area (Å²) in [5.74, 6) is 0.550. The summed E-state index contributed by atoms with van der Waals surface area (Å²) in [7, 11) is 0. The zero-order chi connectivity index (χ0) is 14.7. The van der Waals surface area contributed by atoms with Gasteiger partial charge in [0.25, 0.3) is 0 Å². The first kappa shape index (κ1) is 15.3. The number of thiazole rings is 1. The Kier molecular flexibility index (Phi) is 5.14. The van der Waals surface area contributed by atoms with Crippen LogP contribution >= 0.6 is 11.3 Å². The molecule has 1 aliphatic heterocycles. The minimum Gasteiger partial charge on any atom is -0.380 e. The van der Waals surface area contributed by atoms with Crippen molar-refractivity contribution in [3.63, 3.8) is 0 Å². The van der Waals surface area contributed by atoms with E-state index < -0.39 is 0 Å². The van der Waals surface area contributed by atoms with Gasteiger partial charge in [0.15, 0.2) is 5.13 Å². The van der Waals surface area contributed by atoms with Gasteiger partial charge in [-0.2, -0.15) is 0 Å². The van der Waals surface area contributed by atoms with Crippen LogP contribution in [0.1, 0.15) is 56.0 Å². The fraction of sp³-hybridized carbons (Fsp3) is 0.812. The van der Waals surface area contributed by atoms with Crippen LogP contribution in [0.2, 0.25) is 0 Å². The molecule has 2 heterocycles. The maximum Gasteiger partial charge on any atom is 0.185 e. The largest absolute Gasteiger partial charge is 0.380 e. The Balaban J connectivity index is 1.75. The Labute approximate surface area is 131 Å². The lowest BCUT2D eigenvalue weighted by Gasteiger charge is -2.17. The summed E-state index contributed by atoms with van der Waals surface area (Å²) in [6.07, 6.45) is 4.94. The molecule has 1 unspecified atom stereocenters. The van der Waals surface area contributed by atoms with Crippen molar-refractivity contribution in [2.24, 2.45) is 0 Å². The van der Waals surface area contributed by atoms with Gasteiger partial charge in [-0.05, 0) is 31.6 Å². The van der Waals surface area contributed by atoms with Crippen molar-refractivity contribution >= 4 is 16.5 Å². The highest BCUT2D eigenvalue weighted by atomic mass is 32.1. The number of nitrogens with one attached hydrogen (secondary N) is 1. The normalized spacial score (nSPS) is 21.3. The monoisotopic (exact) mass is 309 g/mol. The summed E-state index contributed by atoms with van der Waals surface area (Å²) in [6.45, 7) is 9.30. The van der Waals surface area contributed by atoms with Gasteiger partial charge in [0, 0.05) is 37.2 Å². The quantitative estimate of drug-likeness (QED) is 0.876. The van der Waals surface area contributed by atoms with Crippen LogP contribution in [-0.2, 0) is 11.3 Å². The molecule has 1 saturated heterocycles. The number of anilines is 1. The van der Waals surface area contributed by atoms with Crippen molar-refractivity contribution in [2.45, 2.75) is 58.0 Å². The summed E-state index contributed by atoms with van der Waals surface area (Å²) in [5.41, 5.74) is 1.32. The van der Waals surface area contributed by atoms with E-state index in [1.54, 1.807) is 0 Å². The van der Waals surface area contributed by atoms with Crippen molar-refractivity contribution < 1.29 is 4.74 Å². The van der Waals surface area contributed by atoms with Crippen LogP contribution in [0.25, 0.3) is 0 Å². The van der Waals surface area contributed by atoms with Gasteiger partial charge < -0.3 is 15.0 Å². The smallest absolute Gasteiger partial charge is 0.185 e. The molecule has 0 bridgehead atoms. The fourth-order valence-corrected chi connectivity index (χ4v) is 3.84. The van der Waals surface area contributed by atoms with Crippen LogP contribution in [0, 0.1) is 0 Å². The van der Waals surface area contributed by atoms with Crippen molar-refractivity contribution in [3.05, 3.63) is 10.6 Å². The van der Waals surface area contributed by atoms with E-state index in [1.807, 2.05) is 11.3 Å². The van der Waals surface area contributed by atoms with Crippen LogP contribution in [0.3, 0.4) is 0 Å². The number of nitrogens with zero attached hydrogens (tertiary/aromatic N) is 2. The zero-order valence-electron chi connectivity index (χ0n) is 13.2. The molecular formula is C16H27N3OS. The molecule has 1 atom stereocenters. The molecule has 1 N–H and O–H groups in total. The standard InChI is InChI=1S/C16H27N3OS/c1-3-12(2)15-14(11-17-13-5-6-13)21-16(18-15)19-7-4-9-20-10-8-19/h12-13,17H,3-11H2,1-2H3. The van der Waals surface area contributed by atoms with E-state index in [0.717, 1.165) is 51.7 Å². The van der Waals surface area contributed by atoms with E-state index in [9.17, 15) is 0 Å². The number of hydrogen-bond donors (Lipinski definition) is 1. The number of ether oxygens (including phenoxy) is 1. The Morgan fingerprint density at radius 1 is 1.38 bits per heavy atom. The maximum absolute atomic E-state index is 5.56. The predicted octanol–water partition coefficient (Wildman–Crippen LogP) is 3.14. The molecular weight excluding hydrogens is 282 g/mol. The summed E-state index contributed by atoms with van der Waals surface area (Å²) in [4.78, 5) is 8.84. The van der Waals surface area contributed by atoms with Crippen molar-refractivity contribution in [2.75, 3.05) is 31.2 Å². The van der Waals surface area contributed by atoms with Crippen LogP contribution < -0.4 is 10.2 Å². The van der Waals surface area contributed by atoms with Crippen molar-refractivity contribution in [1.29, 1.82) is 0 Å². The topological polar surface area (TPSA) is 37.4 Å². The minimum absolute atomic E-state index is 0.550. The van der Waals surface area contributed by atoms with Gasteiger partial charge in [0.1, 0.15) is 0 Å². The Bertz CT molecular complexity index is 450. The number of rotatable bonds is 6. The van der Waals surface area contributed by atoms with E-state index in [-0.39, 0.29) is 0 Å². The highest BCUT2D eigenvalue weighted by Crippen LogP contribution is 2.33. The molecule has 0 amide bonds. The van der Waals surface area contributed by atoms with E-state index in [1.165, 1.54) is 28.5 Å². The lowest BCUT2D eigenvalue weighted by molar-refractivity contribution is 0.152. The minimum atomic E-state index is 0.550. The first-order valence-electron chi connectivity index (χ1n) is 8.33. The summed E-state index contributed by atoms with van der Waals surface area (Å²) < 4.78 is 5.56. The molecule has 2 aliphatic rings. The average Bonchev–Trinajstić information content (AvgIpc) is 3.29. The van der Waals surface area contributed by atoms with Crippen LogP contribution in [-0.4, -0.2) is 37.3 Å². The Morgan fingerprint density at radius 2 is 2.24 bits per heavy atom. The molecule has 0 spiro atoms. The van der Waals surface area contributed by atoms with Crippen LogP contribution in [0.4, 0.5) is 5.13 Å². The summed E-state index contributed by atoms with van der Waals surface area (Å²) in [5, 5.41) is 4.85. The molecule has 1 saturated carbocycles. The molecule has 1 aromatic rings. The molecule has 1 aromatic heterocycles. The van der Waals surface area contributed by atoms with Crippen LogP contribution in [0.5, 0.6) is 0 Å². The lowest BCUT2D eigenvalue weighted by Crippen LogP contribution is -2.25. The van der Waals surface area contributed by atoms with Gasteiger partial charge in [0.05, 0.1) is 12.3 Å². The van der Waals surface area contributed by atoms with Gasteiger partial charge in [-0.15, -0.1) is 11.3 Å². The van der Waals surface area contributed by atoms with Gasteiger partial charge in [0.2, 0.25) is 0 Å². The van der Waals surface area contributed by atoms with E-state index in [2.05, 4.69) is 24.1 Å². The second-order valence-electron chi connectivity index (χ2n) is 6.22. The molecule has 3 rings (SSSR count). The molecule has 1 aliphatic carbocycles. The zero-order valence-corrected chi connectivity index (χ0v) is 14.0. The van der Waals surface area contributed by atoms with Crippen molar-refractivity contribution in [1.82, 2.24) is 10.3 Å². The van der Waals surface area contributed by atoms with Crippen LogP contribution in [0.15, 0.2) is 0 Å². The molecule has 118 valence electrons. The van der Waals surface area contributed by atoms with E-state index in [0.29, 0.717) is 5.92 Å². The fourth-order valence-electron chi connectivity index (χ4n) is 2.65. The SMILES string of the molecule is CCC(C)c1nc(N2CCCOCC2)sc1CNC1CC1. The number of hydrogen-bond acceptors (Lipinski definition) is 5. The molecule has 21 heavy (non-hydrogen) atoms. The average molecular weight is 309 g/mol. The summed E-state index contributed by atoms with van der Waals surface area (Å²) >= 11 is 1.89. The lowest BCUT2D eigenvalue weighted by atomic mass is 10.0. The third-order valence-corrected chi connectivity index (χ3v) is 5.55. The molecule has 4 nitrogen and oxygen atoms in total. The third-order valence-electron chi connectivity index (χ3n) is 4.42. The second-order valence-corrected chi connectivity index (χ2v) is 7.28. The molecule has 0 radical (unpaired) electrons.